The van der Waals surface area contributed by atoms with E-state index in [-0.39, 0.29) is 0 Å². The van der Waals surface area contributed by atoms with Crippen molar-refractivity contribution in [1.29, 1.82) is 0 Å². The van der Waals surface area contributed by atoms with Gasteiger partial charge >= 0.3 is 5.97 Å². The number of carbonyl (C=O) groups is 1. The molecule has 1 aromatic heterocycles. The van der Waals surface area contributed by atoms with Crippen molar-refractivity contribution in [2.75, 3.05) is 14.2 Å². The normalized spacial score (nSPS) is 10.4. The van der Waals surface area contributed by atoms with E-state index in [0.717, 1.165) is 5.69 Å². The fourth-order valence-corrected chi connectivity index (χ4v) is 2.21. The number of methoxy groups -OCH3 is 2. The molecule has 2 aromatic rings. The Hall–Kier alpha value is -1.81. The smallest absolute Gasteiger partial charge is 0.342 e. The Morgan fingerprint density at radius 2 is 2.06 bits per heavy atom. The van der Waals surface area contributed by atoms with Gasteiger partial charge in [0.05, 0.1) is 24.8 Å². The standard InChI is InChI=1S/C13H12ClNO3/c1-7-6-8(14)11-9(15-7)4-5-10(17-2)12(11)13(16)18-3/h4-6H,1-3H3. The summed E-state index contributed by atoms with van der Waals surface area (Å²) in [4.78, 5) is 16.2. The van der Waals surface area contributed by atoms with Crippen LogP contribution in [0.4, 0.5) is 0 Å². The van der Waals surface area contributed by atoms with Gasteiger partial charge in [0.15, 0.2) is 0 Å². The van der Waals surface area contributed by atoms with Gasteiger partial charge in [0.25, 0.3) is 0 Å². The summed E-state index contributed by atoms with van der Waals surface area (Å²) >= 11 is 6.19. The Bertz CT molecular complexity index is 625. The summed E-state index contributed by atoms with van der Waals surface area (Å²) in [7, 11) is 2.80. The highest BCUT2D eigenvalue weighted by Gasteiger charge is 2.19. The summed E-state index contributed by atoms with van der Waals surface area (Å²) in [5, 5.41) is 1.00. The van der Waals surface area contributed by atoms with Crippen LogP contribution in [0.15, 0.2) is 18.2 Å². The van der Waals surface area contributed by atoms with Gasteiger partial charge < -0.3 is 9.47 Å². The Kier molecular flexibility index (Phi) is 3.39. The van der Waals surface area contributed by atoms with Crippen LogP contribution in [0.25, 0.3) is 10.9 Å². The Labute approximate surface area is 109 Å². The van der Waals surface area contributed by atoms with Crippen LogP contribution < -0.4 is 4.74 Å². The summed E-state index contributed by atoms with van der Waals surface area (Å²) in [6, 6.07) is 5.15. The summed E-state index contributed by atoms with van der Waals surface area (Å²) in [6.45, 7) is 1.84. The molecular formula is C13H12ClNO3. The number of halogens is 1. The van der Waals surface area contributed by atoms with Crippen molar-refractivity contribution in [2.45, 2.75) is 6.92 Å². The Morgan fingerprint density at radius 1 is 1.33 bits per heavy atom. The summed E-state index contributed by atoms with van der Waals surface area (Å²) < 4.78 is 9.94. The number of hydrogen-bond donors (Lipinski definition) is 0. The zero-order valence-corrected chi connectivity index (χ0v) is 11.0. The fraction of sp³-hybridized carbons (Fsp3) is 0.231. The Morgan fingerprint density at radius 3 is 2.67 bits per heavy atom. The molecule has 2 rings (SSSR count). The number of rotatable bonds is 2. The summed E-state index contributed by atoms with van der Waals surface area (Å²) in [5.74, 6) is -0.0769. The van der Waals surface area contributed by atoms with E-state index in [9.17, 15) is 4.79 Å². The van der Waals surface area contributed by atoms with Crippen LogP contribution in [0.5, 0.6) is 5.75 Å². The first-order valence-corrected chi connectivity index (χ1v) is 5.68. The number of fused-ring (bicyclic) bond motifs is 1. The molecule has 5 heteroatoms. The maximum Gasteiger partial charge on any atom is 0.342 e. The number of nitrogens with zero attached hydrogens (tertiary/aromatic N) is 1. The number of benzene rings is 1. The maximum atomic E-state index is 11.9. The van der Waals surface area contributed by atoms with E-state index in [4.69, 9.17) is 21.1 Å². The molecular weight excluding hydrogens is 254 g/mol. The predicted octanol–water partition coefficient (Wildman–Crippen LogP) is 2.99. The minimum absolute atomic E-state index is 0.301. The van der Waals surface area contributed by atoms with Crippen LogP contribution in [-0.4, -0.2) is 25.2 Å². The third kappa shape index (κ3) is 1.99. The highest BCUT2D eigenvalue weighted by Crippen LogP contribution is 2.33. The summed E-state index contributed by atoms with van der Waals surface area (Å²) in [5.41, 5.74) is 1.73. The molecule has 0 N–H and O–H groups in total. The molecule has 0 bridgehead atoms. The first kappa shape index (κ1) is 12.6. The molecule has 0 saturated carbocycles. The third-order valence-electron chi connectivity index (χ3n) is 2.63. The Balaban J connectivity index is 2.89. The van der Waals surface area contributed by atoms with Gasteiger partial charge in [-0.1, -0.05) is 11.6 Å². The van der Waals surface area contributed by atoms with Gasteiger partial charge in [-0.25, -0.2) is 4.79 Å². The number of aromatic nitrogens is 1. The van der Waals surface area contributed by atoms with Crippen molar-refractivity contribution < 1.29 is 14.3 Å². The minimum atomic E-state index is -0.495. The van der Waals surface area contributed by atoms with Gasteiger partial charge in [0, 0.05) is 11.1 Å². The highest BCUT2D eigenvalue weighted by molar-refractivity contribution is 6.36. The van der Waals surface area contributed by atoms with Crippen molar-refractivity contribution in [3.8, 4) is 5.75 Å². The lowest BCUT2D eigenvalue weighted by atomic mass is 10.1. The second-order valence-corrected chi connectivity index (χ2v) is 4.18. The largest absolute Gasteiger partial charge is 0.496 e. The fourth-order valence-electron chi connectivity index (χ4n) is 1.86. The van der Waals surface area contributed by atoms with Crippen LogP contribution in [-0.2, 0) is 4.74 Å². The van der Waals surface area contributed by atoms with Crippen molar-refractivity contribution in [3.63, 3.8) is 0 Å². The molecule has 1 aromatic carbocycles. The lowest BCUT2D eigenvalue weighted by molar-refractivity contribution is 0.0599. The first-order chi connectivity index (χ1) is 8.58. The molecule has 0 amide bonds. The molecule has 4 nitrogen and oxygen atoms in total. The van der Waals surface area contributed by atoms with E-state index in [1.54, 1.807) is 18.2 Å². The van der Waals surface area contributed by atoms with Crippen LogP contribution in [0.2, 0.25) is 5.02 Å². The molecule has 0 unspecified atom stereocenters. The van der Waals surface area contributed by atoms with E-state index in [1.807, 2.05) is 6.92 Å². The number of pyridine rings is 1. The zero-order valence-electron chi connectivity index (χ0n) is 10.3. The molecule has 0 aliphatic carbocycles. The first-order valence-electron chi connectivity index (χ1n) is 5.30. The van der Waals surface area contributed by atoms with Crippen molar-refractivity contribution in [1.82, 2.24) is 4.98 Å². The third-order valence-corrected chi connectivity index (χ3v) is 2.92. The zero-order chi connectivity index (χ0) is 13.3. The lowest BCUT2D eigenvalue weighted by Gasteiger charge is -2.11. The maximum absolute atomic E-state index is 11.9. The van der Waals surface area contributed by atoms with Crippen LogP contribution in [0.3, 0.4) is 0 Å². The molecule has 0 atom stereocenters. The molecule has 0 radical (unpaired) electrons. The topological polar surface area (TPSA) is 48.4 Å². The number of hydrogen-bond acceptors (Lipinski definition) is 4. The minimum Gasteiger partial charge on any atom is -0.496 e. The van der Waals surface area contributed by atoms with E-state index in [1.165, 1.54) is 14.2 Å². The molecule has 0 aliphatic heterocycles. The number of esters is 1. The van der Waals surface area contributed by atoms with Gasteiger partial charge in [-0.2, -0.15) is 0 Å². The van der Waals surface area contributed by atoms with Crippen LogP contribution >= 0.6 is 11.6 Å². The molecule has 18 heavy (non-hydrogen) atoms. The van der Waals surface area contributed by atoms with E-state index in [2.05, 4.69) is 4.98 Å². The molecule has 0 aliphatic rings. The molecule has 0 spiro atoms. The molecule has 94 valence electrons. The predicted molar refractivity (Wildman–Crippen MR) is 69.4 cm³/mol. The van der Waals surface area contributed by atoms with E-state index in [0.29, 0.717) is 27.2 Å². The van der Waals surface area contributed by atoms with Gasteiger partial charge in [-0.05, 0) is 25.1 Å². The van der Waals surface area contributed by atoms with E-state index >= 15 is 0 Å². The molecule has 0 fully saturated rings. The second kappa shape index (κ2) is 4.82. The van der Waals surface area contributed by atoms with Gasteiger partial charge in [-0.15, -0.1) is 0 Å². The second-order valence-electron chi connectivity index (χ2n) is 3.77. The average molecular weight is 266 g/mol. The van der Waals surface area contributed by atoms with Crippen LogP contribution in [0.1, 0.15) is 16.1 Å². The quantitative estimate of drug-likeness (QED) is 0.783. The van der Waals surface area contributed by atoms with Gasteiger partial charge in [0.2, 0.25) is 0 Å². The van der Waals surface area contributed by atoms with Gasteiger partial charge in [0.1, 0.15) is 11.3 Å². The average Bonchev–Trinajstić information content (AvgIpc) is 2.36. The number of aryl methyl sites for hydroxylation is 1. The SMILES string of the molecule is COC(=O)c1c(OC)ccc2nc(C)cc(Cl)c12. The van der Waals surface area contributed by atoms with Gasteiger partial charge in [-0.3, -0.25) is 4.98 Å². The molecule has 1 heterocycles. The van der Waals surface area contributed by atoms with E-state index < -0.39 is 5.97 Å². The molecule has 0 saturated heterocycles. The number of carbonyl (C=O) groups excluding carboxylic acids is 1. The van der Waals surface area contributed by atoms with Crippen molar-refractivity contribution in [3.05, 3.63) is 34.5 Å². The van der Waals surface area contributed by atoms with Crippen molar-refractivity contribution in [2.24, 2.45) is 0 Å². The number of ether oxygens (including phenoxy) is 2. The highest BCUT2D eigenvalue weighted by atomic mass is 35.5. The van der Waals surface area contributed by atoms with Crippen LogP contribution in [0, 0.1) is 6.92 Å². The monoisotopic (exact) mass is 265 g/mol. The lowest BCUT2D eigenvalue weighted by Crippen LogP contribution is -2.06. The van der Waals surface area contributed by atoms with Crippen molar-refractivity contribution >= 4 is 28.5 Å². The summed E-state index contributed by atoms with van der Waals surface area (Å²) in [6.07, 6.45) is 0.